The third kappa shape index (κ3) is 2.30. The van der Waals surface area contributed by atoms with E-state index in [1.807, 2.05) is 24.3 Å². The summed E-state index contributed by atoms with van der Waals surface area (Å²) >= 11 is 5.69. The highest BCUT2D eigenvalue weighted by molar-refractivity contribution is 6.17. The Morgan fingerprint density at radius 3 is 2.88 bits per heavy atom. The fourth-order valence-corrected chi connectivity index (χ4v) is 1.75. The highest BCUT2D eigenvalue weighted by atomic mass is 35.5. The van der Waals surface area contributed by atoms with E-state index in [-0.39, 0.29) is 0 Å². The Labute approximate surface area is 100 Å². The first-order valence-electron chi connectivity index (χ1n) is 5.51. The number of para-hydroxylation sites is 2. The summed E-state index contributed by atoms with van der Waals surface area (Å²) in [6.07, 6.45) is 0.939. The van der Waals surface area contributed by atoms with Gasteiger partial charge in [-0.3, -0.25) is 0 Å². The first-order valence-corrected chi connectivity index (χ1v) is 6.05. The monoisotopic (exact) mass is 238 g/mol. The van der Waals surface area contributed by atoms with Gasteiger partial charge in [0.05, 0.1) is 0 Å². The van der Waals surface area contributed by atoms with Crippen LogP contribution in [0.5, 0.6) is 0 Å². The van der Waals surface area contributed by atoms with Gasteiger partial charge in [-0.2, -0.15) is 4.98 Å². The Morgan fingerprint density at radius 1 is 1.38 bits per heavy atom. The minimum absolute atomic E-state index is 0.663. The van der Waals surface area contributed by atoms with Crippen molar-refractivity contribution < 1.29 is 4.42 Å². The lowest BCUT2D eigenvalue weighted by molar-refractivity contribution is 0.569. The molecule has 86 valence electrons. The predicted octanol–water partition coefficient (Wildman–Crippen LogP) is 3.28. The molecule has 3 nitrogen and oxygen atoms in total. The van der Waals surface area contributed by atoms with Gasteiger partial charge in [0.2, 0.25) is 0 Å². The molecule has 2 rings (SSSR count). The van der Waals surface area contributed by atoms with E-state index in [1.54, 1.807) is 0 Å². The molecule has 1 heterocycles. The van der Waals surface area contributed by atoms with Crippen LogP contribution in [0.3, 0.4) is 0 Å². The average molecular weight is 239 g/mol. The molecule has 0 saturated heterocycles. The van der Waals surface area contributed by atoms with E-state index in [1.165, 1.54) is 0 Å². The van der Waals surface area contributed by atoms with Gasteiger partial charge in [0.1, 0.15) is 5.52 Å². The maximum atomic E-state index is 5.69. The average Bonchev–Trinajstić information content (AvgIpc) is 2.73. The molecule has 0 saturated carbocycles. The van der Waals surface area contributed by atoms with Crippen molar-refractivity contribution in [3.63, 3.8) is 0 Å². The summed E-state index contributed by atoms with van der Waals surface area (Å²) in [5, 5.41) is 0. The van der Waals surface area contributed by atoms with Crippen LogP contribution in [0.1, 0.15) is 13.3 Å². The number of oxazole rings is 1. The van der Waals surface area contributed by atoms with Crippen LogP contribution < -0.4 is 4.90 Å². The van der Waals surface area contributed by atoms with Crippen LogP contribution in [0.25, 0.3) is 11.1 Å². The van der Waals surface area contributed by atoms with E-state index in [4.69, 9.17) is 16.0 Å². The second-order valence-corrected chi connectivity index (χ2v) is 3.96. The summed E-state index contributed by atoms with van der Waals surface area (Å²) in [5.41, 5.74) is 1.74. The van der Waals surface area contributed by atoms with Crippen LogP contribution in [0.2, 0.25) is 0 Å². The first kappa shape index (κ1) is 11.3. The van der Waals surface area contributed by atoms with Gasteiger partial charge >= 0.3 is 0 Å². The quantitative estimate of drug-likeness (QED) is 0.749. The maximum absolute atomic E-state index is 5.69. The molecule has 0 aliphatic carbocycles. The zero-order valence-electron chi connectivity index (χ0n) is 9.32. The number of rotatable bonds is 5. The van der Waals surface area contributed by atoms with Crippen LogP contribution in [-0.2, 0) is 0 Å². The number of nitrogens with zero attached hydrogens (tertiary/aromatic N) is 2. The standard InChI is InChI=1S/C12H15ClN2O/c1-2-15(9-5-8-13)12-14-10-6-3-4-7-11(10)16-12/h3-4,6-7H,2,5,8-9H2,1H3. The van der Waals surface area contributed by atoms with Gasteiger partial charge in [-0.25, -0.2) is 0 Å². The number of aromatic nitrogens is 1. The molecule has 0 unspecified atom stereocenters. The molecular weight excluding hydrogens is 224 g/mol. The number of hydrogen-bond acceptors (Lipinski definition) is 3. The normalized spacial score (nSPS) is 10.9. The fraction of sp³-hybridized carbons (Fsp3) is 0.417. The summed E-state index contributed by atoms with van der Waals surface area (Å²) in [7, 11) is 0. The van der Waals surface area contributed by atoms with Crippen molar-refractivity contribution in [3.8, 4) is 0 Å². The third-order valence-corrected chi connectivity index (χ3v) is 2.76. The molecule has 0 atom stereocenters. The van der Waals surface area contributed by atoms with Crippen molar-refractivity contribution in [1.29, 1.82) is 0 Å². The molecular formula is C12H15ClN2O. The Morgan fingerprint density at radius 2 is 2.19 bits per heavy atom. The van der Waals surface area contributed by atoms with Crippen molar-refractivity contribution in [2.45, 2.75) is 13.3 Å². The van der Waals surface area contributed by atoms with E-state index in [0.717, 1.165) is 30.6 Å². The number of hydrogen-bond donors (Lipinski definition) is 0. The van der Waals surface area contributed by atoms with Crippen molar-refractivity contribution >= 4 is 28.7 Å². The SMILES string of the molecule is CCN(CCCCl)c1nc2ccccc2o1. The zero-order chi connectivity index (χ0) is 11.4. The van der Waals surface area contributed by atoms with Crippen molar-refractivity contribution in [2.75, 3.05) is 23.9 Å². The second-order valence-electron chi connectivity index (χ2n) is 3.59. The molecule has 1 aromatic heterocycles. The Hall–Kier alpha value is -1.22. The Balaban J connectivity index is 2.23. The van der Waals surface area contributed by atoms with Crippen molar-refractivity contribution in [3.05, 3.63) is 24.3 Å². The lowest BCUT2D eigenvalue weighted by Gasteiger charge is -2.17. The lowest BCUT2D eigenvalue weighted by Crippen LogP contribution is -2.24. The molecule has 0 amide bonds. The van der Waals surface area contributed by atoms with Crippen molar-refractivity contribution in [1.82, 2.24) is 4.98 Å². The number of halogens is 1. The topological polar surface area (TPSA) is 29.3 Å². The number of anilines is 1. The Kier molecular flexibility index (Phi) is 3.67. The molecule has 4 heteroatoms. The zero-order valence-corrected chi connectivity index (χ0v) is 10.1. The van der Waals surface area contributed by atoms with E-state index in [9.17, 15) is 0 Å². The molecule has 2 aromatic rings. The first-order chi connectivity index (χ1) is 7.85. The molecule has 0 bridgehead atoms. The molecule has 16 heavy (non-hydrogen) atoms. The number of alkyl halides is 1. The van der Waals surface area contributed by atoms with Crippen LogP contribution >= 0.6 is 11.6 Å². The fourth-order valence-electron chi connectivity index (χ4n) is 1.63. The minimum Gasteiger partial charge on any atom is -0.423 e. The van der Waals surface area contributed by atoms with E-state index in [0.29, 0.717) is 11.9 Å². The summed E-state index contributed by atoms with van der Waals surface area (Å²) in [6, 6.07) is 8.49. The predicted molar refractivity (Wildman–Crippen MR) is 67.2 cm³/mol. The summed E-state index contributed by atoms with van der Waals surface area (Å²) < 4.78 is 5.69. The number of benzene rings is 1. The van der Waals surface area contributed by atoms with E-state index >= 15 is 0 Å². The molecule has 0 fully saturated rings. The summed E-state index contributed by atoms with van der Waals surface area (Å²) in [4.78, 5) is 6.55. The van der Waals surface area contributed by atoms with Crippen LogP contribution in [0, 0.1) is 0 Å². The smallest absolute Gasteiger partial charge is 0.298 e. The molecule has 1 aromatic carbocycles. The lowest BCUT2D eigenvalue weighted by atomic mass is 10.3. The highest BCUT2D eigenvalue weighted by Crippen LogP contribution is 2.21. The minimum atomic E-state index is 0.663. The van der Waals surface area contributed by atoms with Crippen LogP contribution in [0.15, 0.2) is 28.7 Å². The maximum Gasteiger partial charge on any atom is 0.298 e. The van der Waals surface area contributed by atoms with Gasteiger partial charge in [0, 0.05) is 19.0 Å². The van der Waals surface area contributed by atoms with E-state index < -0.39 is 0 Å². The summed E-state index contributed by atoms with van der Waals surface area (Å²) in [5.74, 6) is 0.663. The van der Waals surface area contributed by atoms with Gasteiger partial charge in [-0.1, -0.05) is 12.1 Å². The highest BCUT2D eigenvalue weighted by Gasteiger charge is 2.11. The van der Waals surface area contributed by atoms with Gasteiger partial charge in [-0.05, 0) is 25.5 Å². The third-order valence-electron chi connectivity index (χ3n) is 2.50. The van der Waals surface area contributed by atoms with Gasteiger partial charge in [0.25, 0.3) is 6.01 Å². The van der Waals surface area contributed by atoms with Gasteiger partial charge in [0.15, 0.2) is 5.58 Å². The molecule has 0 N–H and O–H groups in total. The second kappa shape index (κ2) is 5.21. The molecule has 0 radical (unpaired) electrons. The van der Waals surface area contributed by atoms with E-state index in [2.05, 4.69) is 16.8 Å². The largest absolute Gasteiger partial charge is 0.423 e. The Bertz CT molecular complexity index is 422. The van der Waals surface area contributed by atoms with Crippen LogP contribution in [0.4, 0.5) is 6.01 Å². The number of fused-ring (bicyclic) bond motifs is 1. The van der Waals surface area contributed by atoms with Crippen molar-refractivity contribution in [2.24, 2.45) is 0 Å². The molecule has 0 spiro atoms. The van der Waals surface area contributed by atoms with Gasteiger partial charge in [-0.15, -0.1) is 11.6 Å². The molecule has 0 aliphatic rings. The summed E-state index contributed by atoms with van der Waals surface area (Å²) in [6.45, 7) is 3.85. The molecule has 0 aliphatic heterocycles. The van der Waals surface area contributed by atoms with Crippen LogP contribution in [-0.4, -0.2) is 24.0 Å². The van der Waals surface area contributed by atoms with Gasteiger partial charge < -0.3 is 9.32 Å².